The van der Waals surface area contributed by atoms with Crippen LogP contribution in [0.4, 0.5) is 5.69 Å². The number of halogens is 1. The van der Waals surface area contributed by atoms with Crippen LogP contribution >= 0.6 is 20.7 Å². The van der Waals surface area contributed by atoms with Gasteiger partial charge < -0.3 is 16.0 Å². The smallest absolute Gasteiger partial charge is 0.0949 e. The van der Waals surface area contributed by atoms with Crippen LogP contribution in [0.2, 0.25) is 0 Å². The molecule has 2 aromatic rings. The third-order valence-electron chi connectivity index (χ3n) is 4.24. The van der Waals surface area contributed by atoms with E-state index >= 15 is 0 Å². The molecule has 23 heavy (non-hydrogen) atoms. The molecule has 0 aliphatic carbocycles. The molecule has 2 aliphatic heterocycles. The largest absolute Gasteiger partial charge is 0.378 e. The molecule has 4 rings (SSSR count). The Morgan fingerprint density at radius 3 is 2.74 bits per heavy atom. The van der Waals surface area contributed by atoms with E-state index in [1.807, 2.05) is 6.20 Å². The predicted octanol–water partition coefficient (Wildman–Crippen LogP) is 1.68. The SMILES string of the molecule is C=Ic1ccc(-c2cc(NC3CNC3)c3c(c2)=CN=3)cc1C=N. The van der Waals surface area contributed by atoms with E-state index in [4.69, 9.17) is 5.41 Å². The molecule has 2 heterocycles. The maximum absolute atomic E-state index is 7.63. The predicted molar refractivity (Wildman–Crippen MR) is 105 cm³/mol. The molecular weight excluding hydrogens is 399 g/mol. The highest BCUT2D eigenvalue weighted by atomic mass is 127. The van der Waals surface area contributed by atoms with Gasteiger partial charge in [-0.3, -0.25) is 4.99 Å². The Morgan fingerprint density at radius 1 is 1.26 bits per heavy atom. The van der Waals surface area contributed by atoms with E-state index in [-0.39, 0.29) is 20.7 Å². The molecule has 3 N–H and O–H groups in total. The summed E-state index contributed by atoms with van der Waals surface area (Å²) in [4.78, 5) is 4.39. The van der Waals surface area contributed by atoms with Crippen LogP contribution in [0.25, 0.3) is 17.3 Å². The highest BCUT2D eigenvalue weighted by molar-refractivity contribution is 14.2. The number of fused-ring (bicyclic) bond motifs is 1. The van der Waals surface area contributed by atoms with E-state index in [0.29, 0.717) is 6.04 Å². The summed E-state index contributed by atoms with van der Waals surface area (Å²) in [6, 6.07) is 11.2. The van der Waals surface area contributed by atoms with Crippen LogP contribution in [0.3, 0.4) is 0 Å². The van der Waals surface area contributed by atoms with Crippen molar-refractivity contribution in [3.63, 3.8) is 0 Å². The van der Waals surface area contributed by atoms with Gasteiger partial charge in [-0.05, 0) is 35.4 Å². The molecule has 0 aromatic heterocycles. The maximum atomic E-state index is 7.63. The Bertz CT molecular complexity index is 929. The summed E-state index contributed by atoms with van der Waals surface area (Å²) < 4.78 is 5.25. The van der Waals surface area contributed by atoms with Crippen LogP contribution in [0.1, 0.15) is 5.56 Å². The molecule has 0 spiro atoms. The molecule has 2 aliphatic rings. The van der Waals surface area contributed by atoms with Crippen LogP contribution < -0.4 is 21.2 Å². The van der Waals surface area contributed by atoms with Crippen molar-refractivity contribution in [2.75, 3.05) is 18.4 Å². The van der Waals surface area contributed by atoms with Gasteiger partial charge in [-0.15, -0.1) is 0 Å². The number of anilines is 1. The summed E-state index contributed by atoms with van der Waals surface area (Å²) in [6.07, 6.45) is 3.35. The van der Waals surface area contributed by atoms with Crippen LogP contribution in [-0.4, -0.2) is 29.9 Å². The molecule has 1 fully saturated rings. The van der Waals surface area contributed by atoms with Crippen molar-refractivity contribution in [3.05, 3.63) is 50.0 Å². The fourth-order valence-corrected chi connectivity index (χ4v) is 4.00. The zero-order valence-electron chi connectivity index (χ0n) is 12.6. The van der Waals surface area contributed by atoms with Crippen molar-refractivity contribution in [2.24, 2.45) is 4.99 Å². The highest BCUT2D eigenvalue weighted by Gasteiger charge is 2.18. The van der Waals surface area contributed by atoms with Gasteiger partial charge in [0.2, 0.25) is 0 Å². The normalized spacial score (nSPS) is 15.5. The first-order chi connectivity index (χ1) is 11.3. The van der Waals surface area contributed by atoms with Crippen LogP contribution in [-0.2, 0) is 0 Å². The molecule has 4 nitrogen and oxygen atoms in total. The molecule has 116 valence electrons. The lowest BCUT2D eigenvalue weighted by atomic mass is 10.00. The Kier molecular flexibility index (Phi) is 3.82. The monoisotopic (exact) mass is 416 g/mol. The van der Waals surface area contributed by atoms with Gasteiger partial charge in [0.05, 0.1) is 17.1 Å². The van der Waals surface area contributed by atoms with Crippen molar-refractivity contribution in [3.8, 4) is 11.1 Å². The van der Waals surface area contributed by atoms with Gasteiger partial charge in [0.15, 0.2) is 0 Å². The van der Waals surface area contributed by atoms with E-state index in [1.165, 1.54) is 20.6 Å². The zero-order valence-corrected chi connectivity index (χ0v) is 14.7. The molecule has 0 amide bonds. The van der Waals surface area contributed by atoms with Gasteiger partial charge in [0, 0.05) is 39.9 Å². The van der Waals surface area contributed by atoms with Gasteiger partial charge in [-0.1, -0.05) is 31.3 Å². The summed E-state index contributed by atoms with van der Waals surface area (Å²) in [5.74, 6) is 0. The first kappa shape index (κ1) is 14.7. The van der Waals surface area contributed by atoms with Gasteiger partial charge >= 0.3 is 0 Å². The molecular formula is C18H17IN4. The fourth-order valence-electron chi connectivity index (χ4n) is 2.81. The minimum atomic E-state index is -0.257. The lowest BCUT2D eigenvalue weighted by molar-refractivity contribution is 0.472. The van der Waals surface area contributed by atoms with Crippen molar-refractivity contribution in [2.45, 2.75) is 6.04 Å². The maximum Gasteiger partial charge on any atom is 0.0949 e. The second-order valence-corrected chi connectivity index (χ2v) is 7.66. The van der Waals surface area contributed by atoms with E-state index in [9.17, 15) is 0 Å². The summed E-state index contributed by atoms with van der Waals surface area (Å²) >= 11 is -0.257. The quantitative estimate of drug-likeness (QED) is 0.513. The van der Waals surface area contributed by atoms with E-state index in [2.05, 4.69) is 50.5 Å². The Hall–Kier alpha value is -1.86. The number of nitrogens with one attached hydrogen (secondary N) is 3. The number of hydrogen-bond acceptors (Lipinski definition) is 4. The van der Waals surface area contributed by atoms with Gasteiger partial charge in [-0.2, -0.15) is 0 Å². The number of rotatable bonds is 5. The van der Waals surface area contributed by atoms with E-state index < -0.39 is 0 Å². The minimum absolute atomic E-state index is 0.257. The third kappa shape index (κ3) is 2.64. The number of benzene rings is 2. The number of hydrogen-bond donors (Lipinski definition) is 3. The molecule has 0 radical (unpaired) electrons. The summed E-state index contributed by atoms with van der Waals surface area (Å²) in [7, 11) is 0. The summed E-state index contributed by atoms with van der Waals surface area (Å²) in [5.41, 5.74) is 4.40. The topological polar surface area (TPSA) is 60.3 Å². The van der Waals surface area contributed by atoms with E-state index in [1.54, 1.807) is 0 Å². The fraction of sp³-hybridized carbons (Fsp3) is 0.167. The Morgan fingerprint density at radius 2 is 2.13 bits per heavy atom. The van der Waals surface area contributed by atoms with Crippen molar-refractivity contribution < 1.29 is 0 Å². The second-order valence-electron chi connectivity index (χ2n) is 5.73. The van der Waals surface area contributed by atoms with E-state index in [0.717, 1.165) is 35.3 Å². The molecule has 0 bridgehead atoms. The average molecular weight is 416 g/mol. The number of nitrogens with zero attached hydrogens (tertiary/aromatic N) is 1. The molecule has 2 aromatic carbocycles. The van der Waals surface area contributed by atoms with Crippen molar-refractivity contribution >= 4 is 43.3 Å². The summed E-state index contributed by atoms with van der Waals surface area (Å²) in [6.45, 7) is 2.01. The summed E-state index contributed by atoms with van der Waals surface area (Å²) in [5, 5.41) is 16.7. The lowest BCUT2D eigenvalue weighted by Crippen LogP contribution is -2.52. The van der Waals surface area contributed by atoms with Gasteiger partial charge in [-0.25, -0.2) is 0 Å². The molecule has 1 saturated heterocycles. The van der Waals surface area contributed by atoms with Crippen molar-refractivity contribution in [1.29, 1.82) is 5.41 Å². The lowest BCUT2D eigenvalue weighted by Gasteiger charge is -2.29. The highest BCUT2D eigenvalue weighted by Crippen LogP contribution is 2.25. The standard InChI is InChI=1S/C18H17IN4/c1-19-16-3-2-11(4-13(16)7-20)12-5-14-8-22-18(14)17(6-12)23-15-9-21-10-15/h2-8,15,20-21,23H,1,9-10H2. The zero-order chi connectivity index (χ0) is 15.8. The van der Waals surface area contributed by atoms with Crippen LogP contribution in [0, 0.1) is 8.98 Å². The Balaban J connectivity index is 1.77. The van der Waals surface area contributed by atoms with Gasteiger partial charge in [0.25, 0.3) is 0 Å². The molecule has 0 unspecified atom stereocenters. The van der Waals surface area contributed by atoms with Crippen molar-refractivity contribution in [1.82, 2.24) is 5.32 Å². The minimum Gasteiger partial charge on any atom is -0.378 e. The molecule has 0 saturated carbocycles. The second kappa shape index (κ2) is 5.98. The van der Waals surface area contributed by atoms with Gasteiger partial charge in [0.1, 0.15) is 0 Å². The first-order valence-electron chi connectivity index (χ1n) is 7.51. The molecule has 0 atom stereocenters. The first-order valence-corrected chi connectivity index (χ1v) is 10.1. The molecule has 5 heteroatoms. The van der Waals surface area contributed by atoms with Crippen LogP contribution in [0.5, 0.6) is 0 Å². The average Bonchev–Trinajstić information content (AvgIpc) is 2.51. The third-order valence-corrected chi connectivity index (χ3v) is 6.05. The Labute approximate surface area is 144 Å². The van der Waals surface area contributed by atoms with Crippen LogP contribution in [0.15, 0.2) is 35.3 Å².